The van der Waals surface area contributed by atoms with Gasteiger partial charge < -0.3 is 10.2 Å². The van der Waals surface area contributed by atoms with Gasteiger partial charge >= 0.3 is 0 Å². The van der Waals surface area contributed by atoms with Crippen molar-refractivity contribution >= 4 is 5.91 Å². The molecule has 142 valence electrons. The number of benzene rings is 1. The van der Waals surface area contributed by atoms with Crippen molar-refractivity contribution in [2.24, 2.45) is 17.8 Å². The van der Waals surface area contributed by atoms with Gasteiger partial charge in [-0.05, 0) is 75.2 Å². The Kier molecular flexibility index (Phi) is 5.60. The van der Waals surface area contributed by atoms with Crippen molar-refractivity contribution in [3.05, 3.63) is 35.9 Å². The molecule has 4 heteroatoms. The standard InChI is InChI=1S/C22H33N3O/c1-17-7-10-24(11-8-17)15-20-16-25-12-9-19(20)13-21(25)14-23-22(26)18-5-3-2-4-6-18/h2-6,17,19-21H,7-16H2,1H3,(H,23,26). The molecule has 5 rings (SSSR count). The van der Waals surface area contributed by atoms with Crippen LogP contribution in [0.15, 0.2) is 30.3 Å². The van der Waals surface area contributed by atoms with Crippen LogP contribution >= 0.6 is 0 Å². The van der Waals surface area contributed by atoms with Gasteiger partial charge in [-0.25, -0.2) is 0 Å². The van der Waals surface area contributed by atoms with Crippen molar-refractivity contribution < 1.29 is 4.79 Å². The smallest absolute Gasteiger partial charge is 0.251 e. The van der Waals surface area contributed by atoms with Gasteiger partial charge in [0.15, 0.2) is 0 Å². The Morgan fingerprint density at radius 3 is 2.58 bits per heavy atom. The van der Waals surface area contributed by atoms with Crippen molar-refractivity contribution in [3.63, 3.8) is 0 Å². The molecule has 4 fully saturated rings. The molecule has 4 aliphatic rings. The highest BCUT2D eigenvalue weighted by Gasteiger charge is 2.40. The predicted octanol–water partition coefficient (Wildman–Crippen LogP) is 2.86. The van der Waals surface area contributed by atoms with E-state index in [1.165, 1.54) is 58.4 Å². The van der Waals surface area contributed by atoms with Crippen molar-refractivity contribution in [3.8, 4) is 0 Å². The Labute approximate surface area is 157 Å². The summed E-state index contributed by atoms with van der Waals surface area (Å²) in [6, 6.07) is 10.1. The highest BCUT2D eigenvalue weighted by molar-refractivity contribution is 5.94. The summed E-state index contributed by atoms with van der Waals surface area (Å²) >= 11 is 0. The second kappa shape index (κ2) is 8.10. The van der Waals surface area contributed by atoms with Gasteiger partial charge in [0.25, 0.3) is 5.91 Å². The fraction of sp³-hybridized carbons (Fsp3) is 0.682. The number of nitrogens with zero attached hydrogens (tertiary/aromatic N) is 2. The molecule has 1 amide bonds. The van der Waals surface area contributed by atoms with Gasteiger partial charge in [0.05, 0.1) is 0 Å². The summed E-state index contributed by atoms with van der Waals surface area (Å²) in [5, 5.41) is 3.16. The third-order valence-electron chi connectivity index (χ3n) is 6.92. The molecule has 2 bridgehead atoms. The van der Waals surface area contributed by atoms with E-state index in [2.05, 4.69) is 22.0 Å². The molecule has 0 aliphatic carbocycles. The summed E-state index contributed by atoms with van der Waals surface area (Å²) in [4.78, 5) is 17.7. The van der Waals surface area contributed by atoms with Gasteiger partial charge in [-0.2, -0.15) is 0 Å². The average molecular weight is 356 g/mol. The number of fused-ring (bicyclic) bond motifs is 3. The Hall–Kier alpha value is -1.39. The third-order valence-corrected chi connectivity index (χ3v) is 6.92. The maximum Gasteiger partial charge on any atom is 0.251 e. The summed E-state index contributed by atoms with van der Waals surface area (Å²) < 4.78 is 0. The fourth-order valence-corrected chi connectivity index (χ4v) is 5.15. The Balaban J connectivity index is 1.26. The molecule has 1 aromatic rings. The first-order chi connectivity index (χ1) is 12.7. The molecule has 0 saturated carbocycles. The predicted molar refractivity (Wildman–Crippen MR) is 105 cm³/mol. The van der Waals surface area contributed by atoms with Gasteiger partial charge in [0.2, 0.25) is 0 Å². The van der Waals surface area contributed by atoms with Crippen LogP contribution < -0.4 is 5.32 Å². The van der Waals surface area contributed by atoms with Crippen molar-refractivity contribution in [1.29, 1.82) is 0 Å². The van der Waals surface area contributed by atoms with Crippen LogP contribution in [0.25, 0.3) is 0 Å². The molecule has 1 aromatic carbocycles. The number of carbonyl (C=O) groups excluding carboxylic acids is 1. The van der Waals surface area contributed by atoms with E-state index in [1.54, 1.807) is 0 Å². The van der Waals surface area contributed by atoms with Crippen molar-refractivity contribution in [2.45, 2.75) is 38.6 Å². The number of carbonyl (C=O) groups is 1. The highest BCUT2D eigenvalue weighted by Crippen LogP contribution is 2.37. The molecule has 4 nitrogen and oxygen atoms in total. The summed E-state index contributed by atoms with van der Waals surface area (Å²) in [5.41, 5.74) is 0.765. The van der Waals surface area contributed by atoms with Gasteiger partial charge in [-0.15, -0.1) is 0 Å². The minimum absolute atomic E-state index is 0.0623. The minimum atomic E-state index is 0.0623. The number of likely N-dealkylation sites (tertiary alicyclic amines) is 1. The van der Waals surface area contributed by atoms with E-state index in [4.69, 9.17) is 0 Å². The molecule has 1 N–H and O–H groups in total. The minimum Gasteiger partial charge on any atom is -0.350 e. The second-order valence-corrected chi connectivity index (χ2v) is 8.75. The lowest BCUT2D eigenvalue weighted by Crippen LogP contribution is -2.58. The maximum atomic E-state index is 12.3. The molecule has 0 radical (unpaired) electrons. The number of piperidine rings is 4. The lowest BCUT2D eigenvalue weighted by molar-refractivity contribution is -0.0148. The normalized spacial score (nSPS) is 32.5. The van der Waals surface area contributed by atoms with Gasteiger partial charge in [0.1, 0.15) is 0 Å². The number of hydrogen-bond acceptors (Lipinski definition) is 3. The number of rotatable bonds is 5. The van der Waals surface area contributed by atoms with E-state index >= 15 is 0 Å². The van der Waals surface area contributed by atoms with Crippen molar-refractivity contribution in [1.82, 2.24) is 15.1 Å². The average Bonchev–Trinajstić information content (AvgIpc) is 2.69. The van der Waals surface area contributed by atoms with Gasteiger partial charge in [0, 0.05) is 31.2 Å². The summed E-state index contributed by atoms with van der Waals surface area (Å²) in [7, 11) is 0. The highest BCUT2D eigenvalue weighted by atomic mass is 16.1. The van der Waals surface area contributed by atoms with Gasteiger partial charge in [-0.3, -0.25) is 9.69 Å². The van der Waals surface area contributed by atoms with Gasteiger partial charge in [-0.1, -0.05) is 25.1 Å². The molecule has 0 aromatic heterocycles. The fourth-order valence-electron chi connectivity index (χ4n) is 5.15. The van der Waals surface area contributed by atoms with Crippen LogP contribution in [0.3, 0.4) is 0 Å². The lowest BCUT2D eigenvalue weighted by atomic mass is 9.75. The maximum absolute atomic E-state index is 12.3. The Morgan fingerprint density at radius 2 is 1.88 bits per heavy atom. The van der Waals surface area contributed by atoms with Crippen LogP contribution in [-0.4, -0.2) is 61.0 Å². The lowest BCUT2D eigenvalue weighted by Gasteiger charge is -2.51. The quantitative estimate of drug-likeness (QED) is 0.882. The van der Waals surface area contributed by atoms with Crippen LogP contribution in [0.5, 0.6) is 0 Å². The van der Waals surface area contributed by atoms with E-state index in [0.717, 1.165) is 29.9 Å². The van der Waals surface area contributed by atoms with Crippen LogP contribution in [0.1, 0.15) is 43.0 Å². The molecule has 4 atom stereocenters. The van der Waals surface area contributed by atoms with E-state index in [-0.39, 0.29) is 5.91 Å². The van der Waals surface area contributed by atoms with Crippen LogP contribution in [-0.2, 0) is 0 Å². The Bertz CT molecular complexity index is 597. The summed E-state index contributed by atoms with van der Waals surface area (Å²) in [6.07, 6.45) is 5.34. The molecule has 0 spiro atoms. The Morgan fingerprint density at radius 1 is 1.12 bits per heavy atom. The van der Waals surface area contributed by atoms with E-state index in [1.807, 2.05) is 30.3 Å². The molecular formula is C22H33N3O. The summed E-state index contributed by atoms with van der Waals surface area (Å²) in [5.74, 6) is 2.65. The first kappa shape index (κ1) is 18.0. The van der Waals surface area contributed by atoms with Crippen LogP contribution in [0.2, 0.25) is 0 Å². The number of nitrogens with one attached hydrogen (secondary N) is 1. The molecule has 4 unspecified atom stereocenters. The first-order valence-corrected chi connectivity index (χ1v) is 10.5. The van der Waals surface area contributed by atoms with E-state index in [0.29, 0.717) is 6.04 Å². The largest absolute Gasteiger partial charge is 0.350 e. The molecular weight excluding hydrogens is 322 g/mol. The van der Waals surface area contributed by atoms with Crippen LogP contribution in [0.4, 0.5) is 0 Å². The number of hydrogen-bond donors (Lipinski definition) is 1. The van der Waals surface area contributed by atoms with Crippen LogP contribution in [0, 0.1) is 17.8 Å². The SMILES string of the molecule is CC1CCN(CC2CN3CCC2CC3CNC(=O)c2ccccc2)CC1. The third kappa shape index (κ3) is 4.12. The van der Waals surface area contributed by atoms with E-state index in [9.17, 15) is 4.79 Å². The molecule has 4 saturated heterocycles. The zero-order valence-electron chi connectivity index (χ0n) is 16.1. The first-order valence-electron chi connectivity index (χ1n) is 10.5. The topological polar surface area (TPSA) is 35.6 Å². The second-order valence-electron chi connectivity index (χ2n) is 8.75. The van der Waals surface area contributed by atoms with E-state index < -0.39 is 0 Å². The zero-order valence-corrected chi connectivity index (χ0v) is 16.1. The molecule has 4 heterocycles. The zero-order chi connectivity index (χ0) is 17.9. The summed E-state index contributed by atoms with van der Waals surface area (Å²) in [6.45, 7) is 9.49. The molecule has 26 heavy (non-hydrogen) atoms. The number of amides is 1. The monoisotopic (exact) mass is 355 g/mol. The van der Waals surface area contributed by atoms with Crippen molar-refractivity contribution in [2.75, 3.05) is 39.3 Å². The molecule has 4 aliphatic heterocycles.